The number of carbonyl (C=O) groups excluding carboxylic acids is 1. The zero-order valence-electron chi connectivity index (χ0n) is 10.8. The van der Waals surface area contributed by atoms with Crippen LogP contribution in [0.5, 0.6) is 0 Å². The molecule has 1 rings (SSSR count). The van der Waals surface area contributed by atoms with Crippen LogP contribution >= 0.6 is 0 Å². The molecule has 5 nitrogen and oxygen atoms in total. The van der Waals surface area contributed by atoms with E-state index in [1.54, 1.807) is 7.11 Å². The maximum atomic E-state index is 11.6. The van der Waals surface area contributed by atoms with E-state index in [2.05, 4.69) is 10.6 Å². The summed E-state index contributed by atoms with van der Waals surface area (Å²) >= 11 is 0. The summed E-state index contributed by atoms with van der Waals surface area (Å²) in [5.74, 6) is -0.0487. The van der Waals surface area contributed by atoms with E-state index in [-0.39, 0.29) is 24.7 Å². The maximum Gasteiger partial charge on any atom is 0.246 e. The fourth-order valence-electron chi connectivity index (χ4n) is 1.89. The van der Waals surface area contributed by atoms with Crippen LogP contribution in [0.3, 0.4) is 0 Å². The number of nitrogens with one attached hydrogen (secondary N) is 2. The molecule has 1 atom stereocenters. The molecule has 0 spiro atoms. The van der Waals surface area contributed by atoms with E-state index in [4.69, 9.17) is 9.47 Å². The maximum absolute atomic E-state index is 11.6. The first kappa shape index (κ1) is 14.4. The molecule has 1 amide bonds. The van der Waals surface area contributed by atoms with Crippen LogP contribution in [0.4, 0.5) is 0 Å². The second-order valence-corrected chi connectivity index (χ2v) is 4.39. The molecule has 100 valence electrons. The molecule has 0 aliphatic carbocycles. The number of piperidine rings is 1. The van der Waals surface area contributed by atoms with Crippen molar-refractivity contribution < 1.29 is 14.3 Å². The van der Waals surface area contributed by atoms with Crippen LogP contribution in [-0.2, 0) is 14.3 Å². The Morgan fingerprint density at radius 3 is 2.76 bits per heavy atom. The molecule has 0 bridgehead atoms. The van der Waals surface area contributed by atoms with Crippen molar-refractivity contribution in [3.63, 3.8) is 0 Å². The van der Waals surface area contributed by atoms with Gasteiger partial charge in [0.2, 0.25) is 5.91 Å². The Hall–Kier alpha value is -0.650. The van der Waals surface area contributed by atoms with Crippen molar-refractivity contribution in [1.29, 1.82) is 0 Å². The fraction of sp³-hybridized carbons (Fsp3) is 0.917. The van der Waals surface area contributed by atoms with Gasteiger partial charge in [-0.3, -0.25) is 4.79 Å². The predicted octanol–water partition coefficient (Wildman–Crippen LogP) is 0.296. The molecule has 2 N–H and O–H groups in total. The van der Waals surface area contributed by atoms with Crippen LogP contribution in [0.1, 0.15) is 26.2 Å². The normalized spacial score (nSPS) is 18.9. The van der Waals surface area contributed by atoms with Crippen LogP contribution in [0, 0.1) is 0 Å². The standard InChI is InChI=1S/C12H24N2O3/c1-3-10(8-16-2)14-12(15)9-17-11-4-6-13-7-5-11/h10-11,13H,3-9H2,1-2H3,(H,14,15). The van der Waals surface area contributed by atoms with Crippen molar-refractivity contribution in [3.05, 3.63) is 0 Å². The first-order chi connectivity index (χ1) is 8.26. The second kappa shape index (κ2) is 8.44. The number of carbonyl (C=O) groups is 1. The topological polar surface area (TPSA) is 59.6 Å². The lowest BCUT2D eigenvalue weighted by atomic mass is 10.1. The third kappa shape index (κ3) is 6.00. The molecule has 1 unspecified atom stereocenters. The molecule has 0 aromatic carbocycles. The van der Waals surface area contributed by atoms with Gasteiger partial charge in [-0.1, -0.05) is 6.92 Å². The summed E-state index contributed by atoms with van der Waals surface area (Å²) in [6, 6.07) is 0.0872. The Balaban J connectivity index is 2.14. The van der Waals surface area contributed by atoms with Gasteiger partial charge >= 0.3 is 0 Å². The van der Waals surface area contributed by atoms with Crippen LogP contribution in [-0.4, -0.2) is 51.5 Å². The quantitative estimate of drug-likeness (QED) is 0.676. The van der Waals surface area contributed by atoms with Gasteiger partial charge in [-0.2, -0.15) is 0 Å². The summed E-state index contributed by atoms with van der Waals surface area (Å²) in [4.78, 5) is 11.6. The fourth-order valence-corrected chi connectivity index (χ4v) is 1.89. The first-order valence-electron chi connectivity index (χ1n) is 6.36. The Labute approximate surface area is 103 Å². The lowest BCUT2D eigenvalue weighted by Gasteiger charge is -2.23. The minimum Gasteiger partial charge on any atom is -0.383 e. The van der Waals surface area contributed by atoms with Crippen LogP contribution < -0.4 is 10.6 Å². The highest BCUT2D eigenvalue weighted by Crippen LogP contribution is 2.06. The first-order valence-corrected chi connectivity index (χ1v) is 6.36. The number of hydrogen-bond acceptors (Lipinski definition) is 4. The number of amides is 1. The van der Waals surface area contributed by atoms with Crippen LogP contribution in [0.2, 0.25) is 0 Å². The van der Waals surface area contributed by atoms with Gasteiger partial charge in [0.15, 0.2) is 0 Å². The van der Waals surface area contributed by atoms with Gasteiger partial charge < -0.3 is 20.1 Å². The Morgan fingerprint density at radius 2 is 2.18 bits per heavy atom. The van der Waals surface area contributed by atoms with E-state index in [0.29, 0.717) is 6.61 Å². The molecule has 17 heavy (non-hydrogen) atoms. The highest BCUT2D eigenvalue weighted by molar-refractivity contribution is 5.77. The largest absolute Gasteiger partial charge is 0.383 e. The van der Waals surface area contributed by atoms with Gasteiger partial charge in [-0.05, 0) is 32.4 Å². The van der Waals surface area contributed by atoms with Crippen molar-refractivity contribution >= 4 is 5.91 Å². The molecule has 0 aromatic heterocycles. The third-order valence-corrected chi connectivity index (χ3v) is 2.96. The van der Waals surface area contributed by atoms with E-state index < -0.39 is 0 Å². The monoisotopic (exact) mass is 244 g/mol. The summed E-state index contributed by atoms with van der Waals surface area (Å²) in [7, 11) is 1.64. The Morgan fingerprint density at radius 1 is 1.47 bits per heavy atom. The number of methoxy groups -OCH3 is 1. The van der Waals surface area contributed by atoms with Crippen molar-refractivity contribution in [2.75, 3.05) is 33.4 Å². The minimum atomic E-state index is -0.0487. The Kier molecular flexibility index (Phi) is 7.16. The Bertz CT molecular complexity index is 218. The average Bonchev–Trinajstić information content (AvgIpc) is 2.37. The molecule has 1 aliphatic heterocycles. The van der Waals surface area contributed by atoms with Gasteiger partial charge in [0.1, 0.15) is 6.61 Å². The smallest absolute Gasteiger partial charge is 0.246 e. The number of rotatable bonds is 7. The molecular formula is C12H24N2O3. The molecule has 1 saturated heterocycles. The van der Waals surface area contributed by atoms with Gasteiger partial charge in [-0.25, -0.2) is 0 Å². The zero-order valence-corrected chi connectivity index (χ0v) is 10.8. The molecule has 1 heterocycles. The lowest BCUT2D eigenvalue weighted by Crippen LogP contribution is -2.41. The lowest BCUT2D eigenvalue weighted by molar-refractivity contribution is -0.129. The SMILES string of the molecule is CCC(COC)NC(=O)COC1CCNCC1. The predicted molar refractivity (Wildman–Crippen MR) is 65.9 cm³/mol. The number of ether oxygens (including phenoxy) is 2. The molecular weight excluding hydrogens is 220 g/mol. The summed E-state index contributed by atoms with van der Waals surface area (Å²) in [6.45, 7) is 4.69. The van der Waals surface area contributed by atoms with E-state index in [9.17, 15) is 4.79 Å². The van der Waals surface area contributed by atoms with Crippen molar-refractivity contribution in [1.82, 2.24) is 10.6 Å². The second-order valence-electron chi connectivity index (χ2n) is 4.39. The molecule has 5 heteroatoms. The molecule has 0 saturated carbocycles. The highest BCUT2D eigenvalue weighted by Gasteiger charge is 2.16. The van der Waals surface area contributed by atoms with Gasteiger partial charge in [0.05, 0.1) is 18.8 Å². The number of hydrogen-bond donors (Lipinski definition) is 2. The summed E-state index contributed by atoms with van der Waals surface area (Å²) in [6.07, 6.45) is 3.07. The van der Waals surface area contributed by atoms with Gasteiger partial charge in [-0.15, -0.1) is 0 Å². The van der Waals surface area contributed by atoms with Gasteiger partial charge in [0.25, 0.3) is 0 Å². The summed E-state index contributed by atoms with van der Waals surface area (Å²) < 4.78 is 10.6. The molecule has 1 fully saturated rings. The van der Waals surface area contributed by atoms with Crippen LogP contribution in [0.15, 0.2) is 0 Å². The molecule has 0 aromatic rings. The van der Waals surface area contributed by atoms with E-state index >= 15 is 0 Å². The van der Waals surface area contributed by atoms with E-state index in [1.807, 2.05) is 6.92 Å². The van der Waals surface area contributed by atoms with Gasteiger partial charge in [0, 0.05) is 7.11 Å². The summed E-state index contributed by atoms with van der Waals surface area (Å²) in [5, 5.41) is 6.17. The highest BCUT2D eigenvalue weighted by atomic mass is 16.5. The van der Waals surface area contributed by atoms with Crippen LogP contribution in [0.25, 0.3) is 0 Å². The zero-order chi connectivity index (χ0) is 12.5. The van der Waals surface area contributed by atoms with Crippen molar-refractivity contribution in [2.45, 2.75) is 38.3 Å². The molecule has 0 radical (unpaired) electrons. The van der Waals surface area contributed by atoms with Crippen molar-refractivity contribution in [2.24, 2.45) is 0 Å². The third-order valence-electron chi connectivity index (χ3n) is 2.96. The van der Waals surface area contributed by atoms with E-state index in [1.165, 1.54) is 0 Å². The average molecular weight is 244 g/mol. The van der Waals surface area contributed by atoms with Crippen molar-refractivity contribution in [3.8, 4) is 0 Å². The van der Waals surface area contributed by atoms with E-state index in [0.717, 1.165) is 32.4 Å². The minimum absolute atomic E-state index is 0.0487. The molecule has 1 aliphatic rings. The summed E-state index contributed by atoms with van der Waals surface area (Å²) in [5.41, 5.74) is 0.